The van der Waals surface area contributed by atoms with E-state index in [1.165, 1.54) is 0 Å². The molecule has 0 aliphatic rings. The van der Waals surface area contributed by atoms with Gasteiger partial charge in [-0.05, 0) is 28.4 Å². The van der Waals surface area contributed by atoms with E-state index in [2.05, 4.69) is 15.9 Å². The first-order valence-corrected chi connectivity index (χ1v) is 5.60. The van der Waals surface area contributed by atoms with Crippen molar-refractivity contribution in [2.24, 2.45) is 5.92 Å². The van der Waals surface area contributed by atoms with Crippen molar-refractivity contribution in [1.29, 1.82) is 0 Å². The topological polar surface area (TPSA) is 17.1 Å². The van der Waals surface area contributed by atoms with Crippen LogP contribution in [0.25, 0.3) is 0 Å². The third kappa shape index (κ3) is 2.17. The van der Waals surface area contributed by atoms with Gasteiger partial charge in [-0.3, -0.25) is 4.79 Å². The van der Waals surface area contributed by atoms with Gasteiger partial charge in [-0.15, -0.1) is 11.3 Å². The van der Waals surface area contributed by atoms with E-state index in [-0.39, 0.29) is 11.7 Å². The van der Waals surface area contributed by atoms with Crippen LogP contribution in [-0.4, -0.2) is 5.78 Å². The molecule has 0 aliphatic heterocycles. The van der Waals surface area contributed by atoms with Crippen LogP contribution in [0.3, 0.4) is 0 Å². The molecule has 0 spiro atoms. The number of carbonyl (C=O) groups excluding carboxylic acids is 1. The molecular formula is C9H11BrOS. The number of thiophene rings is 1. The van der Waals surface area contributed by atoms with Crippen LogP contribution in [0.5, 0.6) is 0 Å². The molecule has 0 bridgehead atoms. The molecule has 1 aromatic rings. The molecule has 12 heavy (non-hydrogen) atoms. The lowest BCUT2D eigenvalue weighted by Gasteiger charge is -2.03. The summed E-state index contributed by atoms with van der Waals surface area (Å²) in [4.78, 5) is 11.6. The molecular weight excluding hydrogens is 236 g/mol. The summed E-state index contributed by atoms with van der Waals surface area (Å²) in [7, 11) is 0. The van der Waals surface area contributed by atoms with Gasteiger partial charge in [-0.25, -0.2) is 0 Å². The van der Waals surface area contributed by atoms with Gasteiger partial charge in [-0.1, -0.05) is 13.8 Å². The van der Waals surface area contributed by atoms with Crippen LogP contribution in [0.15, 0.2) is 15.2 Å². The Balaban J connectivity index is 2.78. The first kappa shape index (κ1) is 9.93. The number of ketones is 1. The summed E-state index contributed by atoms with van der Waals surface area (Å²) < 4.78 is 1.02. The first-order chi connectivity index (χ1) is 5.65. The quantitative estimate of drug-likeness (QED) is 0.743. The highest BCUT2D eigenvalue weighted by Crippen LogP contribution is 2.23. The van der Waals surface area contributed by atoms with Gasteiger partial charge in [0.15, 0.2) is 5.78 Å². The van der Waals surface area contributed by atoms with Gasteiger partial charge in [0.25, 0.3) is 0 Å². The maximum atomic E-state index is 11.6. The summed E-state index contributed by atoms with van der Waals surface area (Å²) >= 11 is 4.89. The molecule has 1 rings (SSSR count). The minimum Gasteiger partial charge on any atom is -0.294 e. The summed E-state index contributed by atoms with van der Waals surface area (Å²) in [6.45, 7) is 4.00. The molecule has 1 aromatic heterocycles. The zero-order valence-electron chi connectivity index (χ0n) is 7.13. The molecule has 0 aliphatic carbocycles. The Hall–Kier alpha value is -0.150. The molecule has 1 unspecified atom stereocenters. The van der Waals surface area contributed by atoms with Crippen molar-refractivity contribution < 1.29 is 4.79 Å². The van der Waals surface area contributed by atoms with E-state index in [4.69, 9.17) is 0 Å². The molecule has 66 valence electrons. The van der Waals surface area contributed by atoms with Crippen LogP contribution in [0.1, 0.15) is 30.6 Å². The zero-order valence-corrected chi connectivity index (χ0v) is 9.54. The van der Waals surface area contributed by atoms with Crippen LogP contribution in [0.2, 0.25) is 0 Å². The lowest BCUT2D eigenvalue weighted by molar-refractivity contribution is 0.0927. The van der Waals surface area contributed by atoms with E-state index >= 15 is 0 Å². The van der Waals surface area contributed by atoms with E-state index in [1.807, 2.05) is 25.3 Å². The lowest BCUT2D eigenvalue weighted by atomic mass is 10.00. The Kier molecular flexibility index (Phi) is 3.47. The maximum absolute atomic E-state index is 11.6. The number of hydrogen-bond acceptors (Lipinski definition) is 2. The van der Waals surface area contributed by atoms with Crippen molar-refractivity contribution in [3.8, 4) is 0 Å². The maximum Gasteiger partial charge on any atom is 0.166 e. The van der Waals surface area contributed by atoms with Gasteiger partial charge >= 0.3 is 0 Å². The molecule has 0 aromatic carbocycles. The van der Waals surface area contributed by atoms with Crippen molar-refractivity contribution in [1.82, 2.24) is 0 Å². The van der Waals surface area contributed by atoms with E-state index in [0.29, 0.717) is 0 Å². The average Bonchev–Trinajstić information content (AvgIpc) is 2.49. The standard InChI is InChI=1S/C9H11BrOS/c1-3-6(2)9(11)7-4-8(10)12-5-7/h4-6H,3H2,1-2H3. The number of halogens is 1. The second-order valence-corrected chi connectivity index (χ2v) is 5.10. The minimum absolute atomic E-state index is 0.145. The van der Waals surface area contributed by atoms with Gasteiger partial charge in [0.2, 0.25) is 0 Å². The van der Waals surface area contributed by atoms with Crippen molar-refractivity contribution >= 4 is 33.0 Å². The molecule has 0 amide bonds. The average molecular weight is 247 g/mol. The van der Waals surface area contributed by atoms with E-state index in [1.54, 1.807) is 11.3 Å². The van der Waals surface area contributed by atoms with Gasteiger partial charge < -0.3 is 0 Å². The smallest absolute Gasteiger partial charge is 0.166 e. The molecule has 1 atom stereocenters. The van der Waals surface area contributed by atoms with Gasteiger partial charge in [0.05, 0.1) is 3.79 Å². The number of rotatable bonds is 3. The highest BCUT2D eigenvalue weighted by atomic mass is 79.9. The molecule has 0 saturated heterocycles. The molecule has 3 heteroatoms. The number of Topliss-reactive ketones (excluding diaryl/α,β-unsaturated/α-hetero) is 1. The zero-order chi connectivity index (χ0) is 9.14. The highest BCUT2D eigenvalue weighted by molar-refractivity contribution is 9.11. The van der Waals surface area contributed by atoms with Crippen LogP contribution in [0.4, 0.5) is 0 Å². The monoisotopic (exact) mass is 246 g/mol. The normalized spacial score (nSPS) is 12.9. The molecule has 0 fully saturated rings. The summed E-state index contributed by atoms with van der Waals surface area (Å²) in [5.74, 6) is 0.394. The summed E-state index contributed by atoms with van der Waals surface area (Å²) in [6, 6.07) is 1.89. The van der Waals surface area contributed by atoms with Crippen molar-refractivity contribution in [3.63, 3.8) is 0 Å². The third-order valence-electron chi connectivity index (χ3n) is 1.91. The SMILES string of the molecule is CCC(C)C(=O)c1csc(Br)c1. The minimum atomic E-state index is 0.145. The largest absolute Gasteiger partial charge is 0.294 e. The number of carbonyl (C=O) groups is 1. The Morgan fingerprint density at radius 3 is 2.83 bits per heavy atom. The second-order valence-electron chi connectivity index (χ2n) is 2.81. The Bertz CT molecular complexity index is 280. The number of hydrogen-bond donors (Lipinski definition) is 0. The summed E-state index contributed by atoms with van der Waals surface area (Å²) in [6.07, 6.45) is 0.909. The first-order valence-electron chi connectivity index (χ1n) is 3.93. The van der Waals surface area contributed by atoms with Crippen molar-refractivity contribution in [2.75, 3.05) is 0 Å². The molecule has 1 heterocycles. The van der Waals surface area contributed by atoms with Crippen LogP contribution >= 0.6 is 27.3 Å². The van der Waals surface area contributed by atoms with Crippen LogP contribution in [-0.2, 0) is 0 Å². The predicted octanol–water partition coefficient (Wildman–Crippen LogP) is 3.74. The van der Waals surface area contributed by atoms with Gasteiger partial charge in [-0.2, -0.15) is 0 Å². The fourth-order valence-electron chi connectivity index (χ4n) is 0.909. The van der Waals surface area contributed by atoms with E-state index < -0.39 is 0 Å². The molecule has 0 saturated carbocycles. The van der Waals surface area contributed by atoms with E-state index in [9.17, 15) is 4.79 Å². The highest BCUT2D eigenvalue weighted by Gasteiger charge is 2.13. The Labute approximate surface area is 84.9 Å². The predicted molar refractivity (Wildman–Crippen MR) is 55.8 cm³/mol. The third-order valence-corrected chi connectivity index (χ3v) is 3.42. The molecule has 0 radical (unpaired) electrons. The fourth-order valence-corrected chi connectivity index (χ4v) is 2.05. The lowest BCUT2D eigenvalue weighted by Crippen LogP contribution is -2.08. The van der Waals surface area contributed by atoms with Crippen molar-refractivity contribution in [2.45, 2.75) is 20.3 Å². The van der Waals surface area contributed by atoms with Gasteiger partial charge in [0, 0.05) is 16.9 Å². The Morgan fingerprint density at radius 1 is 1.75 bits per heavy atom. The Morgan fingerprint density at radius 2 is 2.42 bits per heavy atom. The molecule has 0 N–H and O–H groups in total. The second kappa shape index (κ2) is 4.19. The summed E-state index contributed by atoms with van der Waals surface area (Å²) in [5.41, 5.74) is 0.834. The molecule has 1 nitrogen and oxygen atoms in total. The van der Waals surface area contributed by atoms with E-state index in [0.717, 1.165) is 15.8 Å². The van der Waals surface area contributed by atoms with Gasteiger partial charge in [0.1, 0.15) is 0 Å². The van der Waals surface area contributed by atoms with Crippen molar-refractivity contribution in [3.05, 3.63) is 20.8 Å². The van der Waals surface area contributed by atoms with Crippen LogP contribution < -0.4 is 0 Å². The fraction of sp³-hybridized carbons (Fsp3) is 0.444. The van der Waals surface area contributed by atoms with Crippen LogP contribution in [0, 0.1) is 5.92 Å². The summed E-state index contributed by atoms with van der Waals surface area (Å²) in [5, 5.41) is 1.90.